The van der Waals surface area contributed by atoms with Crippen molar-refractivity contribution in [2.75, 3.05) is 9.80 Å². The van der Waals surface area contributed by atoms with Gasteiger partial charge in [-0.25, -0.2) is 0 Å². The summed E-state index contributed by atoms with van der Waals surface area (Å²) in [7, 11) is 0. The van der Waals surface area contributed by atoms with Crippen molar-refractivity contribution in [3.05, 3.63) is 163 Å². The van der Waals surface area contributed by atoms with Gasteiger partial charge in [-0.2, -0.15) is 0 Å². The first-order chi connectivity index (χ1) is 35.9. The Hall–Kier alpha value is -4.12. The minimum Gasteiger partial charge on any atom is -0.310 e. The van der Waals surface area contributed by atoms with Crippen LogP contribution in [0.15, 0.2) is 118 Å². The monoisotopic (exact) mass is 1110 g/mol. The smallest absolute Gasteiger partial charge is 0.0520 e. The Kier molecular flexibility index (Phi) is 18.1. The van der Waals surface area contributed by atoms with Crippen LogP contribution < -0.4 is 9.80 Å². The summed E-state index contributed by atoms with van der Waals surface area (Å²) in [5.74, 6) is 1.41. The minimum atomic E-state index is 0.0564. The van der Waals surface area contributed by atoms with E-state index in [2.05, 4.69) is 206 Å². The number of fused-ring (bicyclic) bond motifs is 3. The normalized spacial score (nSPS) is 19.5. The van der Waals surface area contributed by atoms with Crippen LogP contribution in [-0.4, -0.2) is 0 Å². The van der Waals surface area contributed by atoms with Gasteiger partial charge in [0.2, 0.25) is 0 Å². The lowest BCUT2D eigenvalue weighted by atomic mass is 9.55. The van der Waals surface area contributed by atoms with E-state index in [9.17, 15) is 0 Å². The van der Waals surface area contributed by atoms with Crippen molar-refractivity contribution < 1.29 is 0 Å². The zero-order chi connectivity index (χ0) is 52.0. The molecule has 0 bridgehead atoms. The van der Waals surface area contributed by atoms with E-state index in [1.165, 1.54) is 207 Å². The van der Waals surface area contributed by atoms with Crippen molar-refractivity contribution in [3.8, 4) is 11.1 Å². The Morgan fingerprint density at radius 2 is 0.716 bits per heavy atom. The number of nitrogens with zero attached hydrogens (tertiary/aromatic N) is 2. The largest absolute Gasteiger partial charge is 0.310 e. The van der Waals surface area contributed by atoms with Gasteiger partial charge in [0.15, 0.2) is 0 Å². The molecule has 4 heteroatoms. The summed E-state index contributed by atoms with van der Waals surface area (Å²) in [6.07, 6.45) is 28.5. The van der Waals surface area contributed by atoms with Crippen molar-refractivity contribution in [3.63, 3.8) is 0 Å². The van der Waals surface area contributed by atoms with E-state index in [1.807, 2.05) is 0 Å². The second-order valence-corrected chi connectivity index (χ2v) is 25.4. The van der Waals surface area contributed by atoms with Crippen molar-refractivity contribution in [1.29, 1.82) is 0 Å². The Bertz CT molecular complexity index is 2590. The van der Waals surface area contributed by atoms with Crippen LogP contribution in [0.1, 0.15) is 201 Å². The average molecular weight is 1120 g/mol. The quantitative estimate of drug-likeness (QED) is 0.0557. The van der Waals surface area contributed by atoms with Crippen LogP contribution in [0, 0.1) is 39.5 Å². The lowest BCUT2D eigenvalue weighted by Gasteiger charge is -2.48. The number of halogens is 2. The standard InChI is InChI=1S/C70H88Br2N2/c1-9-13-17-19-21-25-55-45-69-47-56(26-22-20-18-14-10-2)48-70(69,46-55)66-44-62(74(60-33-29-58(72)30-34-60)68-51(7)41-54(24-16-12-4)42-52(68)8)36-38-64(66)63-37-35-61(43-65(63)69)73(59-31-27-57(71)28-32-59)67-49(5)39-53(23-15-11-3)40-50(67)6/h27-44,55-56H,9-26,45-48H2,1-8H3/t55?,56?,69-,70+. The molecule has 3 aliphatic rings. The topological polar surface area (TPSA) is 6.48 Å². The molecule has 2 fully saturated rings. The van der Waals surface area contributed by atoms with Crippen molar-refractivity contribution in [2.45, 2.75) is 207 Å². The summed E-state index contributed by atoms with van der Waals surface area (Å²) in [6.45, 7) is 18.7. The predicted molar refractivity (Wildman–Crippen MR) is 328 cm³/mol. The number of anilines is 6. The van der Waals surface area contributed by atoms with Crippen molar-refractivity contribution in [1.82, 2.24) is 0 Å². The van der Waals surface area contributed by atoms with Gasteiger partial charge >= 0.3 is 0 Å². The SMILES string of the molecule is CCCCCCCC1C[C@]23CC(CCCCCCC)C[C@@]2(C1)c1cc(N(c2ccc(Br)cc2)c2c(C)cc(CCCC)cc2C)ccc1-c1ccc(N(c2ccc(Br)cc2)c2c(C)cc(CCCC)cc2C)cc13. The summed E-state index contributed by atoms with van der Waals surface area (Å²) in [6, 6.07) is 43.7. The molecule has 0 N–H and O–H groups in total. The summed E-state index contributed by atoms with van der Waals surface area (Å²) >= 11 is 7.61. The van der Waals surface area contributed by atoms with E-state index < -0.39 is 0 Å². The molecule has 9 rings (SSSR count). The van der Waals surface area contributed by atoms with Crippen LogP contribution in [0.5, 0.6) is 0 Å². The summed E-state index contributed by atoms with van der Waals surface area (Å²) in [5.41, 5.74) is 22.3. The number of hydrogen-bond donors (Lipinski definition) is 0. The number of aryl methyl sites for hydroxylation is 6. The Morgan fingerprint density at radius 3 is 1.05 bits per heavy atom. The molecule has 3 aliphatic carbocycles. The van der Waals surface area contributed by atoms with E-state index in [4.69, 9.17) is 0 Å². The molecule has 2 saturated carbocycles. The molecule has 74 heavy (non-hydrogen) atoms. The van der Waals surface area contributed by atoms with Gasteiger partial charge in [0, 0.05) is 42.5 Å². The molecular formula is C70H88Br2N2. The molecule has 6 aromatic rings. The molecule has 0 spiro atoms. The number of rotatable bonds is 24. The van der Waals surface area contributed by atoms with Crippen molar-refractivity contribution >= 4 is 66.0 Å². The van der Waals surface area contributed by atoms with Gasteiger partial charge in [-0.05, 0) is 219 Å². The van der Waals surface area contributed by atoms with Gasteiger partial charge in [-0.3, -0.25) is 0 Å². The highest BCUT2D eigenvalue weighted by atomic mass is 79.9. The van der Waals surface area contributed by atoms with Crippen LogP contribution in [0.3, 0.4) is 0 Å². The van der Waals surface area contributed by atoms with Gasteiger partial charge in [0.1, 0.15) is 0 Å². The molecule has 6 aromatic carbocycles. The lowest BCUT2D eigenvalue weighted by molar-refractivity contribution is 0.299. The highest BCUT2D eigenvalue weighted by Gasteiger charge is 2.66. The molecule has 0 heterocycles. The van der Waals surface area contributed by atoms with E-state index in [1.54, 1.807) is 11.1 Å². The molecule has 2 nitrogen and oxygen atoms in total. The first-order valence-corrected chi connectivity index (χ1v) is 31.1. The molecule has 0 aromatic heterocycles. The van der Waals surface area contributed by atoms with Crippen LogP contribution in [0.4, 0.5) is 34.1 Å². The highest BCUT2D eigenvalue weighted by Crippen LogP contribution is 2.73. The molecule has 392 valence electrons. The Balaban J connectivity index is 1.26. The number of unbranched alkanes of at least 4 members (excludes halogenated alkanes) is 10. The average Bonchev–Trinajstić information content (AvgIpc) is 3.95. The maximum Gasteiger partial charge on any atom is 0.0520 e. The maximum atomic E-state index is 3.80. The molecule has 0 amide bonds. The fraction of sp³-hybridized carbons (Fsp3) is 0.486. The van der Waals surface area contributed by atoms with Crippen LogP contribution >= 0.6 is 31.9 Å². The fourth-order valence-corrected chi connectivity index (χ4v) is 15.5. The predicted octanol–water partition coefficient (Wildman–Crippen LogP) is 22.8. The lowest BCUT2D eigenvalue weighted by Crippen LogP contribution is -2.43. The molecule has 0 unspecified atom stereocenters. The van der Waals surface area contributed by atoms with E-state index in [0.29, 0.717) is 11.8 Å². The van der Waals surface area contributed by atoms with Gasteiger partial charge in [-0.15, -0.1) is 0 Å². The first kappa shape index (κ1) is 54.7. The maximum absolute atomic E-state index is 3.80. The first-order valence-electron chi connectivity index (χ1n) is 29.5. The Labute approximate surface area is 465 Å². The second kappa shape index (κ2) is 24.5. The second-order valence-electron chi connectivity index (χ2n) is 23.6. The van der Waals surface area contributed by atoms with E-state index >= 15 is 0 Å². The highest BCUT2D eigenvalue weighted by molar-refractivity contribution is 9.10. The zero-order valence-electron chi connectivity index (χ0n) is 46.8. The molecule has 0 aliphatic heterocycles. The van der Waals surface area contributed by atoms with E-state index in [0.717, 1.165) is 21.8 Å². The van der Waals surface area contributed by atoms with Gasteiger partial charge in [-0.1, -0.05) is 186 Å². The van der Waals surface area contributed by atoms with Crippen molar-refractivity contribution in [2.24, 2.45) is 11.8 Å². The fourth-order valence-electron chi connectivity index (χ4n) is 14.9. The molecular weight excluding hydrogens is 1030 g/mol. The molecule has 0 atom stereocenters. The molecule has 0 radical (unpaired) electrons. The van der Waals surface area contributed by atoms with E-state index in [-0.39, 0.29) is 10.8 Å². The van der Waals surface area contributed by atoms with Crippen LogP contribution in [0.2, 0.25) is 0 Å². The third-order valence-electron chi connectivity index (χ3n) is 18.1. The number of benzene rings is 6. The van der Waals surface area contributed by atoms with Gasteiger partial charge < -0.3 is 9.80 Å². The summed E-state index contributed by atoms with van der Waals surface area (Å²) < 4.78 is 2.22. The Morgan fingerprint density at radius 1 is 0.392 bits per heavy atom. The minimum absolute atomic E-state index is 0.0564. The third kappa shape index (κ3) is 11.2. The third-order valence-corrected chi connectivity index (χ3v) is 19.2. The summed E-state index contributed by atoms with van der Waals surface area (Å²) in [5, 5.41) is 0. The summed E-state index contributed by atoms with van der Waals surface area (Å²) in [4.78, 5) is 5.24. The molecule has 0 saturated heterocycles. The van der Waals surface area contributed by atoms with Gasteiger partial charge in [0.25, 0.3) is 0 Å². The van der Waals surface area contributed by atoms with Gasteiger partial charge in [0.05, 0.1) is 11.4 Å². The zero-order valence-corrected chi connectivity index (χ0v) is 49.9. The number of hydrogen-bond acceptors (Lipinski definition) is 2. The van der Waals surface area contributed by atoms with Crippen LogP contribution in [-0.2, 0) is 23.7 Å². The van der Waals surface area contributed by atoms with Crippen LogP contribution in [0.25, 0.3) is 11.1 Å².